The van der Waals surface area contributed by atoms with Crippen LogP contribution >= 0.6 is 0 Å². The Morgan fingerprint density at radius 2 is 1.90 bits per heavy atom. The van der Waals surface area contributed by atoms with E-state index in [4.69, 9.17) is 5.26 Å². The Morgan fingerprint density at radius 3 is 2.71 bits per heavy atom. The van der Waals surface area contributed by atoms with Crippen molar-refractivity contribution in [3.63, 3.8) is 0 Å². The first-order valence-corrected chi connectivity index (χ1v) is 7.20. The van der Waals surface area contributed by atoms with E-state index in [0.717, 1.165) is 19.5 Å². The van der Waals surface area contributed by atoms with Gasteiger partial charge in [-0.1, -0.05) is 24.3 Å². The van der Waals surface area contributed by atoms with Gasteiger partial charge in [-0.3, -0.25) is 0 Å². The molecule has 3 nitrogen and oxygen atoms in total. The van der Waals surface area contributed by atoms with Gasteiger partial charge < -0.3 is 10.3 Å². The van der Waals surface area contributed by atoms with Crippen LogP contribution in [0.2, 0.25) is 0 Å². The Hall–Kier alpha value is -2.57. The Bertz CT molecular complexity index is 851. The van der Waals surface area contributed by atoms with E-state index < -0.39 is 0 Å². The highest BCUT2D eigenvalue weighted by Gasteiger charge is 2.17. The molecule has 0 unspecified atom stereocenters. The standard InChI is InChI=1S/C18H15N3/c19-10-12-4-6-13(7-5-12)14-2-1-3-16-18(14)15-8-9-20-11-17(15)21-16/h1-7,20-21H,8-9,11H2. The first-order valence-electron chi connectivity index (χ1n) is 7.20. The summed E-state index contributed by atoms with van der Waals surface area (Å²) in [4.78, 5) is 3.53. The summed E-state index contributed by atoms with van der Waals surface area (Å²) in [7, 11) is 0. The zero-order chi connectivity index (χ0) is 14.2. The lowest BCUT2D eigenvalue weighted by Crippen LogP contribution is -2.23. The van der Waals surface area contributed by atoms with E-state index in [9.17, 15) is 0 Å². The van der Waals surface area contributed by atoms with Crippen molar-refractivity contribution >= 4 is 10.9 Å². The highest BCUT2D eigenvalue weighted by atomic mass is 14.9. The molecular formula is C18H15N3. The number of H-pyrrole nitrogens is 1. The summed E-state index contributed by atoms with van der Waals surface area (Å²) in [6.07, 6.45) is 1.06. The molecule has 0 saturated carbocycles. The van der Waals surface area contributed by atoms with E-state index in [0.29, 0.717) is 5.56 Å². The molecule has 3 heteroatoms. The smallest absolute Gasteiger partial charge is 0.0991 e. The third-order valence-corrected chi connectivity index (χ3v) is 4.19. The number of aromatic nitrogens is 1. The zero-order valence-corrected chi connectivity index (χ0v) is 11.6. The third kappa shape index (κ3) is 1.93. The summed E-state index contributed by atoms with van der Waals surface area (Å²) < 4.78 is 0. The van der Waals surface area contributed by atoms with E-state index in [1.54, 1.807) is 0 Å². The van der Waals surface area contributed by atoms with Crippen LogP contribution in [0.4, 0.5) is 0 Å². The topological polar surface area (TPSA) is 51.6 Å². The molecule has 102 valence electrons. The molecule has 0 spiro atoms. The van der Waals surface area contributed by atoms with E-state index in [1.165, 1.54) is 33.3 Å². The molecule has 0 radical (unpaired) electrons. The molecule has 1 aliphatic heterocycles. The number of aromatic amines is 1. The second-order valence-electron chi connectivity index (χ2n) is 5.43. The van der Waals surface area contributed by atoms with Gasteiger partial charge in [0.15, 0.2) is 0 Å². The summed E-state index contributed by atoms with van der Waals surface area (Å²) in [6, 6.07) is 16.4. The van der Waals surface area contributed by atoms with E-state index >= 15 is 0 Å². The van der Waals surface area contributed by atoms with Crippen LogP contribution in [-0.4, -0.2) is 11.5 Å². The second kappa shape index (κ2) is 4.76. The predicted molar refractivity (Wildman–Crippen MR) is 83.9 cm³/mol. The molecule has 2 N–H and O–H groups in total. The molecule has 3 aromatic rings. The van der Waals surface area contributed by atoms with Gasteiger partial charge in [-0.2, -0.15) is 5.26 Å². The first-order chi connectivity index (χ1) is 10.4. The Labute approximate surface area is 123 Å². The van der Waals surface area contributed by atoms with Gasteiger partial charge in [-0.25, -0.2) is 0 Å². The van der Waals surface area contributed by atoms with Crippen LogP contribution in [0.15, 0.2) is 42.5 Å². The fourth-order valence-corrected chi connectivity index (χ4v) is 3.19. The van der Waals surface area contributed by atoms with Gasteiger partial charge in [-0.15, -0.1) is 0 Å². The first kappa shape index (κ1) is 12.2. The maximum absolute atomic E-state index is 8.93. The molecule has 0 fully saturated rings. The largest absolute Gasteiger partial charge is 0.357 e. The summed E-state index contributed by atoms with van der Waals surface area (Å²) in [5.41, 5.74) is 7.05. The SMILES string of the molecule is N#Cc1ccc(-c2cccc3[nH]c4c(c23)CCNC4)cc1. The molecule has 1 aromatic heterocycles. The molecule has 0 bridgehead atoms. The molecule has 4 rings (SSSR count). The summed E-state index contributed by atoms with van der Waals surface area (Å²) >= 11 is 0. The minimum atomic E-state index is 0.700. The highest BCUT2D eigenvalue weighted by molar-refractivity contribution is 5.98. The highest BCUT2D eigenvalue weighted by Crippen LogP contribution is 2.34. The van der Waals surface area contributed by atoms with Gasteiger partial charge in [0.1, 0.15) is 0 Å². The quantitative estimate of drug-likeness (QED) is 0.714. The average molecular weight is 273 g/mol. The average Bonchev–Trinajstić information content (AvgIpc) is 2.93. The number of benzene rings is 2. The van der Waals surface area contributed by atoms with Crippen LogP contribution in [0, 0.1) is 11.3 Å². The molecule has 1 aliphatic rings. The van der Waals surface area contributed by atoms with Crippen LogP contribution in [-0.2, 0) is 13.0 Å². The molecule has 0 atom stereocenters. The molecule has 2 aromatic carbocycles. The van der Waals surface area contributed by atoms with Crippen molar-refractivity contribution in [3.05, 3.63) is 59.3 Å². The van der Waals surface area contributed by atoms with Gasteiger partial charge in [0.2, 0.25) is 0 Å². The van der Waals surface area contributed by atoms with Gasteiger partial charge in [-0.05, 0) is 47.9 Å². The maximum atomic E-state index is 8.93. The normalized spacial score (nSPS) is 13.9. The number of fused-ring (bicyclic) bond motifs is 3. The number of nitriles is 1. The number of rotatable bonds is 1. The van der Waals surface area contributed by atoms with Crippen LogP contribution in [0.3, 0.4) is 0 Å². The number of nitrogens with zero attached hydrogens (tertiary/aromatic N) is 1. The van der Waals surface area contributed by atoms with Gasteiger partial charge in [0, 0.05) is 23.1 Å². The van der Waals surface area contributed by atoms with Crippen molar-refractivity contribution < 1.29 is 0 Å². The minimum Gasteiger partial charge on any atom is -0.357 e. The predicted octanol–water partition coefficient (Wildman–Crippen LogP) is 3.35. The van der Waals surface area contributed by atoms with Gasteiger partial charge in [0.05, 0.1) is 11.6 Å². The van der Waals surface area contributed by atoms with Crippen molar-refractivity contribution in [1.82, 2.24) is 10.3 Å². The van der Waals surface area contributed by atoms with Crippen molar-refractivity contribution in [3.8, 4) is 17.2 Å². The number of hydrogen-bond acceptors (Lipinski definition) is 2. The molecule has 0 amide bonds. The number of hydrogen-bond donors (Lipinski definition) is 2. The molecule has 2 heterocycles. The van der Waals surface area contributed by atoms with Gasteiger partial charge >= 0.3 is 0 Å². The summed E-state index contributed by atoms with van der Waals surface area (Å²) in [6.45, 7) is 1.94. The van der Waals surface area contributed by atoms with E-state index in [2.05, 4.69) is 34.6 Å². The Balaban J connectivity index is 1.95. The van der Waals surface area contributed by atoms with E-state index in [-0.39, 0.29) is 0 Å². The minimum absolute atomic E-state index is 0.700. The van der Waals surface area contributed by atoms with Crippen molar-refractivity contribution in [1.29, 1.82) is 5.26 Å². The van der Waals surface area contributed by atoms with Gasteiger partial charge in [0.25, 0.3) is 0 Å². The third-order valence-electron chi connectivity index (χ3n) is 4.19. The van der Waals surface area contributed by atoms with Crippen LogP contribution in [0.25, 0.3) is 22.0 Å². The van der Waals surface area contributed by atoms with Crippen molar-refractivity contribution in [2.75, 3.05) is 6.54 Å². The lowest BCUT2D eigenvalue weighted by molar-refractivity contribution is 0.637. The fourth-order valence-electron chi connectivity index (χ4n) is 3.19. The molecule has 21 heavy (non-hydrogen) atoms. The second-order valence-corrected chi connectivity index (χ2v) is 5.43. The van der Waals surface area contributed by atoms with Crippen LogP contribution in [0.1, 0.15) is 16.8 Å². The fraction of sp³-hybridized carbons (Fsp3) is 0.167. The molecule has 0 aliphatic carbocycles. The Kier molecular flexibility index (Phi) is 2.77. The van der Waals surface area contributed by atoms with Crippen LogP contribution in [0.5, 0.6) is 0 Å². The molecular weight excluding hydrogens is 258 g/mol. The van der Waals surface area contributed by atoms with E-state index in [1.807, 2.05) is 24.3 Å². The van der Waals surface area contributed by atoms with Crippen molar-refractivity contribution in [2.24, 2.45) is 0 Å². The number of nitrogens with one attached hydrogen (secondary N) is 2. The summed E-state index contributed by atoms with van der Waals surface area (Å²) in [5, 5.41) is 13.7. The zero-order valence-electron chi connectivity index (χ0n) is 11.6. The lowest BCUT2D eigenvalue weighted by Gasteiger charge is -2.13. The summed E-state index contributed by atoms with van der Waals surface area (Å²) in [5.74, 6) is 0. The monoisotopic (exact) mass is 273 g/mol. The molecule has 0 saturated heterocycles. The van der Waals surface area contributed by atoms with Crippen LogP contribution < -0.4 is 5.32 Å². The van der Waals surface area contributed by atoms with Crippen molar-refractivity contribution in [2.45, 2.75) is 13.0 Å². The lowest BCUT2D eigenvalue weighted by atomic mass is 9.95. The maximum Gasteiger partial charge on any atom is 0.0991 e. The Morgan fingerprint density at radius 1 is 1.05 bits per heavy atom.